The van der Waals surface area contributed by atoms with Gasteiger partial charge in [0, 0.05) is 12.8 Å². The largest absolute Gasteiger partial charge is 0.466 e. The average molecular weight is 1090 g/mol. The molecule has 0 rings (SSSR count). The van der Waals surface area contributed by atoms with Gasteiger partial charge in [-0.05, 0) is 51.4 Å². The van der Waals surface area contributed by atoms with Gasteiger partial charge < -0.3 is 20.3 Å². The summed E-state index contributed by atoms with van der Waals surface area (Å²) >= 11 is 0. The van der Waals surface area contributed by atoms with Crippen molar-refractivity contribution in [3.8, 4) is 0 Å². The van der Waals surface area contributed by atoms with Crippen molar-refractivity contribution >= 4 is 11.9 Å². The predicted molar refractivity (Wildman–Crippen MR) is 338 cm³/mol. The fraction of sp³-hybridized carbons (Fsp3) is 0.944. The summed E-state index contributed by atoms with van der Waals surface area (Å²) < 4.78 is 5.50. The molecule has 2 unspecified atom stereocenters. The molecule has 3 N–H and O–H groups in total. The molecule has 0 aromatic heterocycles. The van der Waals surface area contributed by atoms with Gasteiger partial charge in [-0.3, -0.25) is 9.59 Å². The van der Waals surface area contributed by atoms with Crippen LogP contribution in [0, 0.1) is 0 Å². The molecule has 458 valence electrons. The van der Waals surface area contributed by atoms with Crippen LogP contribution in [0.3, 0.4) is 0 Å². The zero-order valence-electron chi connectivity index (χ0n) is 52.5. The molecule has 0 fully saturated rings. The first-order valence-electron chi connectivity index (χ1n) is 35.4. The van der Waals surface area contributed by atoms with Crippen LogP contribution in [0.4, 0.5) is 0 Å². The Morgan fingerprint density at radius 1 is 0.351 bits per heavy atom. The SMILES string of the molecule is CCCCCCCCCCCCCCCCCCCCCC(O)C(CO)NC(=O)CCCCCCCCCCCC/C=C\CCCCCCCCCCCCCCOC(=O)CCCCCCCCCCCCCCCCC. The summed E-state index contributed by atoms with van der Waals surface area (Å²) in [7, 11) is 0. The highest BCUT2D eigenvalue weighted by atomic mass is 16.5. The first kappa shape index (κ1) is 75.6. The van der Waals surface area contributed by atoms with E-state index in [0.29, 0.717) is 25.9 Å². The molecule has 0 bridgehead atoms. The Kier molecular flexibility index (Phi) is 65.9. The fourth-order valence-electron chi connectivity index (χ4n) is 11.4. The highest BCUT2D eigenvalue weighted by Crippen LogP contribution is 2.19. The highest BCUT2D eigenvalue weighted by molar-refractivity contribution is 5.76. The van der Waals surface area contributed by atoms with E-state index in [-0.39, 0.29) is 18.5 Å². The van der Waals surface area contributed by atoms with Crippen molar-refractivity contribution in [2.24, 2.45) is 0 Å². The number of nitrogens with one attached hydrogen (secondary N) is 1. The van der Waals surface area contributed by atoms with Crippen LogP contribution in [-0.4, -0.2) is 47.4 Å². The lowest BCUT2D eigenvalue weighted by Crippen LogP contribution is -2.45. The van der Waals surface area contributed by atoms with Gasteiger partial charge in [-0.15, -0.1) is 0 Å². The van der Waals surface area contributed by atoms with Crippen molar-refractivity contribution in [1.82, 2.24) is 5.32 Å². The molecule has 0 saturated heterocycles. The van der Waals surface area contributed by atoms with Crippen LogP contribution in [0.15, 0.2) is 12.2 Å². The van der Waals surface area contributed by atoms with E-state index in [1.54, 1.807) is 0 Å². The average Bonchev–Trinajstić information content (AvgIpc) is 3.43. The van der Waals surface area contributed by atoms with E-state index in [4.69, 9.17) is 4.74 Å². The van der Waals surface area contributed by atoms with Crippen LogP contribution in [0.25, 0.3) is 0 Å². The summed E-state index contributed by atoms with van der Waals surface area (Å²) in [5.74, 6) is -0.0140. The quantitative estimate of drug-likeness (QED) is 0.0320. The van der Waals surface area contributed by atoms with Crippen LogP contribution in [0.2, 0.25) is 0 Å². The Hall–Kier alpha value is -1.40. The summed E-state index contributed by atoms with van der Waals surface area (Å²) in [4.78, 5) is 24.6. The minimum Gasteiger partial charge on any atom is -0.466 e. The van der Waals surface area contributed by atoms with E-state index >= 15 is 0 Å². The summed E-state index contributed by atoms with van der Waals surface area (Å²) in [6.45, 7) is 5.00. The van der Waals surface area contributed by atoms with Crippen LogP contribution in [0.5, 0.6) is 0 Å². The first-order chi connectivity index (χ1) is 38.0. The Bertz CT molecular complexity index is 1160. The lowest BCUT2D eigenvalue weighted by atomic mass is 10.0. The maximum absolute atomic E-state index is 12.5. The zero-order valence-corrected chi connectivity index (χ0v) is 52.5. The standard InChI is InChI=1S/C71H139NO5/c1-3-5-7-9-11-13-15-17-19-20-29-32-36-39-43-47-51-55-59-63-69(74)68(67-73)72-70(75)64-60-56-52-48-44-40-37-33-30-27-25-23-21-22-24-26-28-31-34-38-42-46-50-54-58-62-66-77-71(76)65-61-57-53-49-45-41-35-18-16-14-12-10-8-6-4-2/h21,23,68-69,73-74H,3-20,22,24-67H2,1-2H3,(H,72,75)/b23-21-. The topological polar surface area (TPSA) is 95.9 Å². The number of ether oxygens (including phenoxy) is 1. The number of rotatable bonds is 67. The van der Waals surface area contributed by atoms with Crippen LogP contribution >= 0.6 is 0 Å². The third kappa shape index (κ3) is 63.6. The number of aliphatic hydroxyl groups excluding tert-OH is 2. The van der Waals surface area contributed by atoms with Crippen molar-refractivity contribution in [2.75, 3.05) is 13.2 Å². The number of hydrogen-bond acceptors (Lipinski definition) is 5. The van der Waals surface area contributed by atoms with E-state index in [1.807, 2.05) is 0 Å². The molecule has 0 radical (unpaired) electrons. The van der Waals surface area contributed by atoms with E-state index < -0.39 is 12.1 Å². The number of amides is 1. The number of unbranched alkanes of at least 4 members (excludes halogenated alkanes) is 54. The number of carbonyl (C=O) groups is 2. The number of esters is 1. The lowest BCUT2D eigenvalue weighted by molar-refractivity contribution is -0.143. The number of hydrogen-bond donors (Lipinski definition) is 3. The third-order valence-electron chi connectivity index (χ3n) is 16.8. The minimum absolute atomic E-state index is 0.0183. The monoisotopic (exact) mass is 1090 g/mol. The summed E-state index contributed by atoms with van der Waals surface area (Å²) in [5.41, 5.74) is 0. The molecule has 0 spiro atoms. The molecule has 0 aromatic carbocycles. The molecule has 77 heavy (non-hydrogen) atoms. The molecule has 0 aromatic rings. The van der Waals surface area contributed by atoms with E-state index in [9.17, 15) is 19.8 Å². The molecule has 1 amide bonds. The van der Waals surface area contributed by atoms with Crippen molar-refractivity contribution in [2.45, 2.75) is 418 Å². The third-order valence-corrected chi connectivity index (χ3v) is 16.8. The van der Waals surface area contributed by atoms with Gasteiger partial charge in [-0.25, -0.2) is 0 Å². The number of allylic oxidation sites excluding steroid dienone is 2. The van der Waals surface area contributed by atoms with E-state index in [0.717, 1.165) is 38.5 Å². The molecule has 6 heteroatoms. The van der Waals surface area contributed by atoms with Crippen molar-refractivity contribution in [1.29, 1.82) is 0 Å². The zero-order chi connectivity index (χ0) is 55.7. The second kappa shape index (κ2) is 67.1. The molecule has 0 saturated carbocycles. The van der Waals surface area contributed by atoms with Gasteiger partial charge in [-0.2, -0.15) is 0 Å². The van der Waals surface area contributed by atoms with Gasteiger partial charge in [0.2, 0.25) is 5.91 Å². The molecule has 0 aliphatic rings. The maximum atomic E-state index is 12.5. The van der Waals surface area contributed by atoms with Gasteiger partial charge in [-0.1, -0.05) is 353 Å². The minimum atomic E-state index is -0.665. The molecular weight excluding hydrogens is 947 g/mol. The van der Waals surface area contributed by atoms with Crippen molar-refractivity contribution in [3.05, 3.63) is 12.2 Å². The Balaban J connectivity index is 3.37. The Labute approximate surface area is 482 Å². The van der Waals surface area contributed by atoms with Gasteiger partial charge >= 0.3 is 5.97 Å². The van der Waals surface area contributed by atoms with Gasteiger partial charge in [0.15, 0.2) is 0 Å². The first-order valence-corrected chi connectivity index (χ1v) is 35.4. The van der Waals surface area contributed by atoms with E-state index in [2.05, 4.69) is 31.3 Å². The van der Waals surface area contributed by atoms with Crippen LogP contribution < -0.4 is 5.32 Å². The maximum Gasteiger partial charge on any atom is 0.305 e. The Morgan fingerprint density at radius 3 is 0.922 bits per heavy atom. The molecule has 0 heterocycles. The summed E-state index contributed by atoms with van der Waals surface area (Å²) in [6, 6.07) is -0.543. The van der Waals surface area contributed by atoms with Crippen molar-refractivity contribution in [3.63, 3.8) is 0 Å². The highest BCUT2D eigenvalue weighted by Gasteiger charge is 2.20. The lowest BCUT2D eigenvalue weighted by Gasteiger charge is -2.22. The molecule has 0 aliphatic carbocycles. The van der Waals surface area contributed by atoms with Gasteiger partial charge in [0.1, 0.15) is 0 Å². The summed E-state index contributed by atoms with van der Waals surface area (Å²) in [6.07, 6.45) is 82.6. The molecule has 0 aliphatic heterocycles. The van der Waals surface area contributed by atoms with Crippen LogP contribution in [0.1, 0.15) is 406 Å². The smallest absolute Gasteiger partial charge is 0.305 e. The van der Waals surface area contributed by atoms with E-state index in [1.165, 1.54) is 334 Å². The normalized spacial score (nSPS) is 12.5. The molecule has 2 atom stereocenters. The number of carbonyl (C=O) groups excluding carboxylic acids is 2. The van der Waals surface area contributed by atoms with Gasteiger partial charge in [0.25, 0.3) is 0 Å². The Morgan fingerprint density at radius 2 is 0.610 bits per heavy atom. The summed E-state index contributed by atoms with van der Waals surface area (Å²) in [5, 5.41) is 23.4. The second-order valence-corrected chi connectivity index (χ2v) is 24.6. The fourth-order valence-corrected chi connectivity index (χ4v) is 11.4. The molecule has 6 nitrogen and oxygen atoms in total. The van der Waals surface area contributed by atoms with Crippen molar-refractivity contribution < 1.29 is 24.5 Å². The molecular formula is C71H139NO5. The number of aliphatic hydroxyl groups is 2. The van der Waals surface area contributed by atoms with Crippen LogP contribution in [-0.2, 0) is 14.3 Å². The second-order valence-electron chi connectivity index (χ2n) is 24.6. The van der Waals surface area contributed by atoms with Gasteiger partial charge in [0.05, 0.1) is 25.4 Å². The predicted octanol–water partition coefficient (Wildman–Crippen LogP) is 22.8.